The summed E-state index contributed by atoms with van der Waals surface area (Å²) in [4.78, 5) is 22.3. The van der Waals surface area contributed by atoms with Gasteiger partial charge in [-0.05, 0) is 43.5 Å². The number of aromatic nitrogens is 4. The third-order valence-corrected chi connectivity index (χ3v) is 5.95. The molecule has 0 saturated heterocycles. The fourth-order valence-electron chi connectivity index (χ4n) is 3.43. The van der Waals surface area contributed by atoms with E-state index >= 15 is 0 Å². The van der Waals surface area contributed by atoms with E-state index in [-0.39, 0.29) is 5.91 Å². The Kier molecular flexibility index (Phi) is 5.85. The standard InChI is InChI=1S/C22H24N6OS/c1-4-12-30-22-26-21-24-15(3)18(20(29)25-17-10-6-5-8-14(17)2)19(28(21)27-22)16-9-7-11-23-13-16/h5-11,13,19H,4,12H2,1-3H3,(H,25,29)(H,24,26,27). The average Bonchev–Trinajstić information content (AvgIpc) is 3.15. The molecule has 0 radical (unpaired) electrons. The zero-order valence-corrected chi connectivity index (χ0v) is 18.0. The molecule has 0 spiro atoms. The van der Waals surface area contributed by atoms with Gasteiger partial charge in [0.05, 0.1) is 5.57 Å². The van der Waals surface area contributed by atoms with Gasteiger partial charge in [-0.3, -0.25) is 9.78 Å². The molecule has 0 saturated carbocycles. The van der Waals surface area contributed by atoms with E-state index in [2.05, 4.69) is 27.5 Å². The van der Waals surface area contributed by atoms with Crippen LogP contribution in [0.3, 0.4) is 0 Å². The number of rotatable bonds is 6. The number of hydrogen-bond donors (Lipinski definition) is 2. The van der Waals surface area contributed by atoms with Gasteiger partial charge in [-0.2, -0.15) is 4.98 Å². The van der Waals surface area contributed by atoms with Crippen LogP contribution in [-0.4, -0.2) is 31.4 Å². The normalized spacial score (nSPS) is 15.5. The molecule has 1 aromatic carbocycles. The number of carbonyl (C=O) groups is 1. The molecule has 0 bridgehead atoms. The van der Waals surface area contributed by atoms with Crippen molar-refractivity contribution in [1.29, 1.82) is 0 Å². The minimum atomic E-state index is -0.414. The number of nitrogens with one attached hydrogen (secondary N) is 2. The molecular weight excluding hydrogens is 396 g/mol. The molecule has 154 valence electrons. The van der Waals surface area contributed by atoms with E-state index in [0.29, 0.717) is 16.7 Å². The molecule has 0 aliphatic carbocycles. The second kappa shape index (κ2) is 8.71. The Morgan fingerprint density at radius 3 is 2.80 bits per heavy atom. The van der Waals surface area contributed by atoms with E-state index in [1.54, 1.807) is 28.8 Å². The fraction of sp³-hybridized carbons (Fsp3) is 0.273. The lowest BCUT2D eigenvalue weighted by Crippen LogP contribution is -2.31. The summed E-state index contributed by atoms with van der Waals surface area (Å²) in [6.07, 6.45) is 4.53. The Bertz CT molecular complexity index is 1090. The molecule has 3 heterocycles. The molecule has 1 atom stereocenters. The first-order valence-electron chi connectivity index (χ1n) is 9.92. The van der Waals surface area contributed by atoms with Crippen molar-refractivity contribution in [2.24, 2.45) is 0 Å². The van der Waals surface area contributed by atoms with E-state index in [1.807, 2.05) is 50.2 Å². The van der Waals surface area contributed by atoms with Crippen LogP contribution in [0, 0.1) is 6.92 Å². The highest BCUT2D eigenvalue weighted by Crippen LogP contribution is 2.36. The average molecular weight is 421 g/mol. The molecule has 30 heavy (non-hydrogen) atoms. The van der Waals surface area contributed by atoms with Crippen LogP contribution < -0.4 is 10.6 Å². The van der Waals surface area contributed by atoms with E-state index in [1.165, 1.54) is 0 Å². The Balaban J connectivity index is 1.75. The highest BCUT2D eigenvalue weighted by Gasteiger charge is 2.34. The molecular formula is C22H24N6OS. The zero-order chi connectivity index (χ0) is 21.1. The molecule has 1 aliphatic heterocycles. The number of allylic oxidation sites excluding steroid dienone is 1. The van der Waals surface area contributed by atoms with E-state index in [4.69, 9.17) is 5.10 Å². The maximum atomic E-state index is 13.4. The molecule has 8 heteroatoms. The van der Waals surface area contributed by atoms with Crippen LogP contribution in [-0.2, 0) is 4.79 Å². The molecule has 2 aromatic heterocycles. The van der Waals surface area contributed by atoms with Crippen LogP contribution in [0.5, 0.6) is 0 Å². The predicted octanol–water partition coefficient (Wildman–Crippen LogP) is 4.41. The molecule has 1 aliphatic rings. The van der Waals surface area contributed by atoms with Crippen molar-refractivity contribution in [2.45, 2.75) is 38.4 Å². The van der Waals surface area contributed by atoms with Crippen LogP contribution in [0.2, 0.25) is 0 Å². The third kappa shape index (κ3) is 3.95. The lowest BCUT2D eigenvalue weighted by atomic mass is 9.96. The fourth-order valence-corrected chi connectivity index (χ4v) is 4.11. The van der Waals surface area contributed by atoms with Crippen molar-refractivity contribution in [3.05, 3.63) is 71.2 Å². The summed E-state index contributed by atoms with van der Waals surface area (Å²) < 4.78 is 1.79. The first kappa shape index (κ1) is 20.2. The quantitative estimate of drug-likeness (QED) is 0.575. The number of hydrogen-bond acceptors (Lipinski definition) is 6. The second-order valence-electron chi connectivity index (χ2n) is 7.13. The molecule has 1 unspecified atom stereocenters. The van der Waals surface area contributed by atoms with Gasteiger partial charge in [-0.25, -0.2) is 4.68 Å². The molecule has 2 N–H and O–H groups in total. The van der Waals surface area contributed by atoms with Crippen LogP contribution in [0.4, 0.5) is 11.6 Å². The van der Waals surface area contributed by atoms with Crippen molar-refractivity contribution in [3.63, 3.8) is 0 Å². The molecule has 3 aromatic rings. The molecule has 7 nitrogen and oxygen atoms in total. The topological polar surface area (TPSA) is 84.7 Å². The van der Waals surface area contributed by atoms with Crippen LogP contribution in [0.25, 0.3) is 0 Å². The smallest absolute Gasteiger partial charge is 0.255 e. The van der Waals surface area contributed by atoms with Gasteiger partial charge in [0.2, 0.25) is 11.1 Å². The lowest BCUT2D eigenvalue weighted by molar-refractivity contribution is -0.113. The van der Waals surface area contributed by atoms with Crippen molar-refractivity contribution >= 4 is 29.3 Å². The van der Waals surface area contributed by atoms with Crippen LogP contribution in [0.15, 0.2) is 65.2 Å². The number of thioether (sulfide) groups is 1. The first-order valence-corrected chi connectivity index (χ1v) is 10.9. The summed E-state index contributed by atoms with van der Waals surface area (Å²) in [6.45, 7) is 5.99. The Labute approximate surface area is 180 Å². The first-order chi connectivity index (χ1) is 14.6. The van der Waals surface area contributed by atoms with Gasteiger partial charge in [0.25, 0.3) is 5.91 Å². The van der Waals surface area contributed by atoms with Gasteiger partial charge in [0.15, 0.2) is 0 Å². The summed E-state index contributed by atoms with van der Waals surface area (Å²) in [5.41, 5.74) is 4.02. The van der Waals surface area contributed by atoms with Crippen molar-refractivity contribution in [3.8, 4) is 0 Å². The maximum Gasteiger partial charge on any atom is 0.255 e. The second-order valence-corrected chi connectivity index (χ2v) is 8.19. The summed E-state index contributed by atoms with van der Waals surface area (Å²) in [5.74, 6) is 1.40. The number of anilines is 2. The molecule has 1 amide bonds. The monoisotopic (exact) mass is 420 g/mol. The Morgan fingerprint density at radius 2 is 2.07 bits per heavy atom. The number of pyridine rings is 1. The van der Waals surface area contributed by atoms with E-state index in [9.17, 15) is 4.79 Å². The van der Waals surface area contributed by atoms with Crippen molar-refractivity contribution in [1.82, 2.24) is 19.7 Å². The van der Waals surface area contributed by atoms with Gasteiger partial charge in [-0.15, -0.1) is 5.10 Å². The maximum absolute atomic E-state index is 13.4. The number of fused-ring (bicyclic) bond motifs is 1. The predicted molar refractivity (Wildman–Crippen MR) is 120 cm³/mol. The minimum absolute atomic E-state index is 0.174. The number of benzene rings is 1. The summed E-state index contributed by atoms with van der Waals surface area (Å²) in [6, 6.07) is 11.2. The van der Waals surface area contributed by atoms with Crippen LogP contribution in [0.1, 0.15) is 37.4 Å². The van der Waals surface area contributed by atoms with Gasteiger partial charge in [-0.1, -0.05) is 43.0 Å². The minimum Gasteiger partial charge on any atom is -0.328 e. The largest absolute Gasteiger partial charge is 0.328 e. The summed E-state index contributed by atoms with van der Waals surface area (Å²) in [5, 5.41) is 11.7. The van der Waals surface area contributed by atoms with Gasteiger partial charge in [0.1, 0.15) is 6.04 Å². The summed E-state index contributed by atoms with van der Waals surface area (Å²) in [7, 11) is 0. The van der Waals surface area contributed by atoms with Crippen molar-refractivity contribution in [2.75, 3.05) is 16.4 Å². The highest BCUT2D eigenvalue weighted by molar-refractivity contribution is 7.99. The summed E-state index contributed by atoms with van der Waals surface area (Å²) >= 11 is 1.61. The van der Waals surface area contributed by atoms with E-state index in [0.717, 1.165) is 34.7 Å². The number of para-hydroxylation sites is 1. The van der Waals surface area contributed by atoms with Crippen molar-refractivity contribution < 1.29 is 4.79 Å². The molecule has 0 fully saturated rings. The van der Waals surface area contributed by atoms with Crippen LogP contribution >= 0.6 is 11.8 Å². The van der Waals surface area contributed by atoms with Gasteiger partial charge in [0, 0.05) is 29.5 Å². The zero-order valence-electron chi connectivity index (χ0n) is 17.2. The van der Waals surface area contributed by atoms with Gasteiger partial charge >= 0.3 is 0 Å². The Hall–Kier alpha value is -3.13. The van der Waals surface area contributed by atoms with Gasteiger partial charge < -0.3 is 10.6 Å². The Morgan fingerprint density at radius 1 is 1.23 bits per heavy atom. The third-order valence-electron chi connectivity index (χ3n) is 4.91. The number of amides is 1. The lowest BCUT2D eigenvalue weighted by Gasteiger charge is -2.28. The highest BCUT2D eigenvalue weighted by atomic mass is 32.2. The SMILES string of the molecule is CCCSc1nc2n(n1)C(c1cccnc1)C(C(=O)Nc1ccccc1C)=C(C)N2. The number of aryl methyl sites for hydroxylation is 1. The number of carbonyl (C=O) groups excluding carboxylic acids is 1. The molecule has 4 rings (SSSR count). The number of nitrogens with zero attached hydrogens (tertiary/aromatic N) is 4. The van der Waals surface area contributed by atoms with E-state index < -0.39 is 6.04 Å².